The minimum absolute atomic E-state index is 0.0546. The summed E-state index contributed by atoms with van der Waals surface area (Å²) < 4.78 is 0. The van der Waals surface area contributed by atoms with Gasteiger partial charge in [-0.25, -0.2) is 0 Å². The highest BCUT2D eigenvalue weighted by Crippen LogP contribution is 2.39. The van der Waals surface area contributed by atoms with E-state index < -0.39 is 6.10 Å². The first-order valence-electron chi connectivity index (χ1n) is 8.42. The second kappa shape index (κ2) is 6.60. The Bertz CT molecular complexity index is 775. The maximum atomic E-state index is 11.1. The molecule has 3 aromatic rings. The van der Waals surface area contributed by atoms with Gasteiger partial charge in [0.2, 0.25) is 0 Å². The molecule has 2 heteroatoms. The van der Waals surface area contributed by atoms with Gasteiger partial charge in [-0.15, -0.1) is 0 Å². The highest BCUT2D eigenvalue weighted by Gasteiger charge is 2.32. The second-order valence-electron chi connectivity index (χ2n) is 6.38. The molecule has 0 radical (unpaired) electrons. The summed E-state index contributed by atoms with van der Waals surface area (Å²) in [6, 6.07) is 28.8. The minimum Gasteiger partial charge on any atom is -0.386 e. The van der Waals surface area contributed by atoms with Crippen molar-refractivity contribution < 1.29 is 5.11 Å². The number of nitrogens with zero attached hydrogens (tertiary/aromatic N) is 1. The van der Waals surface area contributed by atoms with Gasteiger partial charge in [0.1, 0.15) is 0 Å². The molecule has 0 fully saturated rings. The van der Waals surface area contributed by atoms with E-state index in [1.54, 1.807) is 0 Å². The molecule has 2 nitrogen and oxygen atoms in total. The van der Waals surface area contributed by atoms with Crippen molar-refractivity contribution in [1.82, 2.24) is 4.90 Å². The van der Waals surface area contributed by atoms with Gasteiger partial charge in [-0.05, 0) is 22.3 Å². The lowest BCUT2D eigenvalue weighted by molar-refractivity contribution is 0.0448. The van der Waals surface area contributed by atoms with Gasteiger partial charge in [0, 0.05) is 13.1 Å². The van der Waals surface area contributed by atoms with Crippen LogP contribution in [0.15, 0.2) is 84.9 Å². The van der Waals surface area contributed by atoms with Crippen LogP contribution in [0.1, 0.15) is 34.4 Å². The molecular weight excluding hydrogens is 294 g/mol. The Kier molecular flexibility index (Phi) is 4.16. The van der Waals surface area contributed by atoms with Crippen molar-refractivity contribution >= 4 is 0 Å². The molecular formula is C22H21NO. The molecule has 0 aromatic heterocycles. The molecule has 120 valence electrons. The van der Waals surface area contributed by atoms with E-state index in [1.165, 1.54) is 11.1 Å². The van der Waals surface area contributed by atoms with E-state index in [1.807, 2.05) is 48.5 Å². The summed E-state index contributed by atoms with van der Waals surface area (Å²) in [7, 11) is 0. The van der Waals surface area contributed by atoms with Crippen LogP contribution in [0.2, 0.25) is 0 Å². The molecule has 0 amide bonds. The van der Waals surface area contributed by atoms with Crippen LogP contribution in [0, 0.1) is 0 Å². The largest absolute Gasteiger partial charge is 0.386 e. The lowest BCUT2D eigenvalue weighted by atomic mass is 9.94. The molecule has 2 atom stereocenters. The summed E-state index contributed by atoms with van der Waals surface area (Å²) in [5.41, 5.74) is 4.83. The van der Waals surface area contributed by atoms with Crippen LogP contribution >= 0.6 is 0 Å². The van der Waals surface area contributed by atoms with Gasteiger partial charge >= 0.3 is 0 Å². The maximum Gasteiger partial charge on any atom is 0.0987 e. The quantitative estimate of drug-likeness (QED) is 0.767. The van der Waals surface area contributed by atoms with Gasteiger partial charge < -0.3 is 5.11 Å². The van der Waals surface area contributed by atoms with E-state index >= 15 is 0 Å². The Balaban J connectivity index is 1.70. The summed E-state index contributed by atoms with van der Waals surface area (Å²) in [5, 5.41) is 11.1. The molecule has 0 unspecified atom stereocenters. The third kappa shape index (κ3) is 2.86. The fourth-order valence-electron chi connectivity index (χ4n) is 3.63. The van der Waals surface area contributed by atoms with Crippen LogP contribution < -0.4 is 0 Å². The molecule has 0 bridgehead atoms. The van der Waals surface area contributed by atoms with Gasteiger partial charge in [0.25, 0.3) is 0 Å². The number of aliphatic hydroxyl groups is 1. The van der Waals surface area contributed by atoms with E-state index in [0.717, 1.165) is 24.2 Å². The number of hydrogen-bond acceptors (Lipinski definition) is 2. The first-order valence-corrected chi connectivity index (χ1v) is 8.42. The van der Waals surface area contributed by atoms with Crippen molar-refractivity contribution in [2.75, 3.05) is 0 Å². The Hall–Kier alpha value is -2.42. The van der Waals surface area contributed by atoms with Gasteiger partial charge in [-0.1, -0.05) is 84.9 Å². The van der Waals surface area contributed by atoms with Crippen LogP contribution in [-0.2, 0) is 13.1 Å². The molecule has 1 aliphatic heterocycles. The van der Waals surface area contributed by atoms with Crippen LogP contribution in [-0.4, -0.2) is 10.0 Å². The van der Waals surface area contributed by atoms with E-state index in [0.29, 0.717) is 0 Å². The summed E-state index contributed by atoms with van der Waals surface area (Å²) in [6.07, 6.45) is -0.553. The number of aliphatic hydroxyl groups excluding tert-OH is 1. The van der Waals surface area contributed by atoms with Crippen molar-refractivity contribution in [2.24, 2.45) is 0 Å². The Morgan fingerprint density at radius 1 is 0.625 bits per heavy atom. The zero-order chi connectivity index (χ0) is 16.4. The smallest absolute Gasteiger partial charge is 0.0987 e. The normalized spacial score (nSPS) is 16.5. The third-order valence-electron chi connectivity index (χ3n) is 4.84. The Labute approximate surface area is 143 Å². The maximum absolute atomic E-state index is 11.1. The highest BCUT2D eigenvalue weighted by atomic mass is 16.3. The Morgan fingerprint density at radius 3 is 1.62 bits per heavy atom. The third-order valence-corrected chi connectivity index (χ3v) is 4.84. The van der Waals surface area contributed by atoms with Crippen molar-refractivity contribution in [3.63, 3.8) is 0 Å². The molecule has 0 aliphatic carbocycles. The molecule has 0 spiro atoms. The van der Waals surface area contributed by atoms with E-state index in [9.17, 15) is 5.11 Å². The lowest BCUT2D eigenvalue weighted by Gasteiger charge is -2.32. The molecule has 24 heavy (non-hydrogen) atoms. The fourth-order valence-corrected chi connectivity index (χ4v) is 3.63. The van der Waals surface area contributed by atoms with Crippen LogP contribution in [0.4, 0.5) is 0 Å². The predicted molar refractivity (Wildman–Crippen MR) is 96.3 cm³/mol. The van der Waals surface area contributed by atoms with Gasteiger partial charge in [0.05, 0.1) is 12.1 Å². The standard InChI is InChI=1S/C22H21NO/c24-22(18-11-5-2-6-12-18)21(17-9-3-1-4-10-17)23-15-19-13-7-8-14-20(19)16-23/h1-14,21-22,24H,15-16H2/t21-,22+/m1/s1. The van der Waals surface area contributed by atoms with Crippen molar-refractivity contribution in [2.45, 2.75) is 25.2 Å². The Morgan fingerprint density at radius 2 is 1.08 bits per heavy atom. The summed E-state index contributed by atoms with van der Waals surface area (Å²) in [6.45, 7) is 1.75. The molecule has 3 aromatic carbocycles. The first kappa shape index (κ1) is 15.1. The molecule has 0 saturated carbocycles. The van der Waals surface area contributed by atoms with Crippen molar-refractivity contribution in [1.29, 1.82) is 0 Å². The lowest BCUT2D eigenvalue weighted by Crippen LogP contribution is -2.28. The fraction of sp³-hybridized carbons (Fsp3) is 0.182. The first-order chi connectivity index (χ1) is 11.8. The topological polar surface area (TPSA) is 23.5 Å². The number of hydrogen-bond donors (Lipinski definition) is 1. The molecule has 0 saturated heterocycles. The summed E-state index contributed by atoms with van der Waals surface area (Å²) in [5.74, 6) is 0. The SMILES string of the molecule is O[C@@H](c1ccccc1)[C@@H](c1ccccc1)N1Cc2ccccc2C1. The molecule has 4 rings (SSSR count). The zero-order valence-electron chi connectivity index (χ0n) is 13.5. The highest BCUT2D eigenvalue weighted by molar-refractivity contribution is 5.33. The number of fused-ring (bicyclic) bond motifs is 1. The van der Waals surface area contributed by atoms with Crippen LogP contribution in [0.25, 0.3) is 0 Å². The second-order valence-corrected chi connectivity index (χ2v) is 6.38. The van der Waals surface area contributed by atoms with E-state index in [2.05, 4.69) is 41.3 Å². The van der Waals surface area contributed by atoms with E-state index in [-0.39, 0.29) is 6.04 Å². The van der Waals surface area contributed by atoms with Crippen molar-refractivity contribution in [3.8, 4) is 0 Å². The van der Waals surface area contributed by atoms with Gasteiger partial charge in [-0.2, -0.15) is 0 Å². The predicted octanol–water partition coefficient (Wildman–Crippen LogP) is 4.48. The van der Waals surface area contributed by atoms with E-state index in [4.69, 9.17) is 0 Å². The summed E-state index contributed by atoms with van der Waals surface area (Å²) in [4.78, 5) is 2.37. The van der Waals surface area contributed by atoms with Crippen LogP contribution in [0.3, 0.4) is 0 Å². The average Bonchev–Trinajstić information content (AvgIpc) is 3.07. The molecule has 1 N–H and O–H groups in total. The van der Waals surface area contributed by atoms with Crippen molar-refractivity contribution in [3.05, 3.63) is 107 Å². The van der Waals surface area contributed by atoms with Gasteiger partial charge in [-0.3, -0.25) is 4.90 Å². The molecule has 1 aliphatic rings. The number of benzene rings is 3. The average molecular weight is 315 g/mol. The zero-order valence-corrected chi connectivity index (χ0v) is 13.5. The monoisotopic (exact) mass is 315 g/mol. The number of rotatable bonds is 4. The van der Waals surface area contributed by atoms with Gasteiger partial charge in [0.15, 0.2) is 0 Å². The van der Waals surface area contributed by atoms with Crippen LogP contribution in [0.5, 0.6) is 0 Å². The molecule has 1 heterocycles. The summed E-state index contributed by atoms with van der Waals surface area (Å²) >= 11 is 0. The minimum atomic E-state index is -0.553.